The van der Waals surface area contributed by atoms with Crippen molar-refractivity contribution < 1.29 is 4.42 Å². The van der Waals surface area contributed by atoms with E-state index in [-0.39, 0.29) is 0 Å². The van der Waals surface area contributed by atoms with Crippen LogP contribution < -0.4 is 4.90 Å². The summed E-state index contributed by atoms with van der Waals surface area (Å²) in [5, 5.41) is 9.64. The van der Waals surface area contributed by atoms with Crippen LogP contribution in [0.3, 0.4) is 0 Å². The Morgan fingerprint density at radius 1 is 0.339 bits per heavy atom. The Bertz CT molecular complexity index is 3530. The average molecular weight is 770 g/mol. The first-order chi connectivity index (χ1) is 29.2. The lowest BCUT2D eigenvalue weighted by molar-refractivity contribution is 0.672. The third kappa shape index (κ3) is 5.55. The summed E-state index contributed by atoms with van der Waals surface area (Å²) in [5.74, 6) is 0. The first-order valence-electron chi connectivity index (χ1n) is 20.1. The number of rotatable bonds is 6. The van der Waals surface area contributed by atoms with E-state index < -0.39 is 0 Å². The Balaban J connectivity index is 0.978. The van der Waals surface area contributed by atoms with Gasteiger partial charge in [-0.15, -0.1) is 11.3 Å². The summed E-state index contributed by atoms with van der Waals surface area (Å²) in [4.78, 5) is 2.38. The summed E-state index contributed by atoms with van der Waals surface area (Å²) in [6, 6.07) is 76.9. The summed E-state index contributed by atoms with van der Waals surface area (Å²) < 4.78 is 9.31. The molecule has 0 saturated carbocycles. The maximum absolute atomic E-state index is 6.69. The minimum absolute atomic E-state index is 0.870. The number of nitrogens with zero attached hydrogens (tertiary/aromatic N) is 1. The van der Waals surface area contributed by atoms with Crippen LogP contribution >= 0.6 is 11.3 Å². The Morgan fingerprint density at radius 3 is 1.66 bits per heavy atom. The van der Waals surface area contributed by atoms with E-state index in [0.29, 0.717) is 0 Å². The predicted octanol–water partition coefficient (Wildman–Crippen LogP) is 16.7. The van der Waals surface area contributed by atoms with Crippen molar-refractivity contribution in [3.8, 4) is 33.4 Å². The van der Waals surface area contributed by atoms with Crippen LogP contribution in [0.1, 0.15) is 0 Å². The highest BCUT2D eigenvalue weighted by Crippen LogP contribution is 2.46. The standard InChI is InChI=1S/C56H35NOS/c1-3-13-44-38(10-1)12-7-16-45(44)40-24-22-36(23-25-40)37-26-31-42(32-27-37)57(50-18-9-19-51-55(50)49-35-30-39-11-2-4-14-47(39)56(49)58-51)43-33-28-41(29-34-43)46-17-8-21-53-54(46)48-15-5-6-20-52(48)59-53/h1-35H. The van der Waals surface area contributed by atoms with Gasteiger partial charge in [-0.1, -0.05) is 158 Å². The molecule has 0 atom stereocenters. The number of fused-ring (bicyclic) bond motifs is 9. The minimum Gasteiger partial charge on any atom is -0.455 e. The van der Waals surface area contributed by atoms with Crippen LogP contribution in [0.4, 0.5) is 17.1 Å². The molecular weight excluding hydrogens is 735 g/mol. The van der Waals surface area contributed by atoms with Gasteiger partial charge in [0.1, 0.15) is 11.2 Å². The molecule has 59 heavy (non-hydrogen) atoms. The quantitative estimate of drug-likeness (QED) is 0.167. The largest absolute Gasteiger partial charge is 0.455 e. The lowest BCUT2D eigenvalue weighted by Gasteiger charge is -2.26. The predicted molar refractivity (Wildman–Crippen MR) is 253 cm³/mol. The summed E-state index contributed by atoms with van der Waals surface area (Å²) in [6.45, 7) is 0. The third-order valence-electron chi connectivity index (χ3n) is 11.9. The zero-order chi connectivity index (χ0) is 38.9. The van der Waals surface area contributed by atoms with Gasteiger partial charge in [0.2, 0.25) is 0 Å². The van der Waals surface area contributed by atoms with Crippen molar-refractivity contribution in [1.29, 1.82) is 0 Å². The molecule has 0 amide bonds. The first-order valence-corrected chi connectivity index (χ1v) is 20.9. The molecule has 12 aromatic rings. The molecular formula is C56H35NOS. The number of benzene rings is 10. The highest BCUT2D eigenvalue weighted by atomic mass is 32.1. The normalized spacial score (nSPS) is 11.7. The molecule has 3 heteroatoms. The van der Waals surface area contributed by atoms with Gasteiger partial charge in [-0.3, -0.25) is 0 Å². The molecule has 0 spiro atoms. The number of furan rings is 1. The second-order valence-electron chi connectivity index (χ2n) is 15.2. The average Bonchev–Trinajstić information content (AvgIpc) is 3.89. The van der Waals surface area contributed by atoms with E-state index in [2.05, 4.69) is 217 Å². The number of hydrogen-bond donors (Lipinski definition) is 0. The van der Waals surface area contributed by atoms with E-state index in [9.17, 15) is 0 Å². The molecule has 10 aromatic carbocycles. The van der Waals surface area contributed by atoms with E-state index in [1.807, 2.05) is 11.3 Å². The van der Waals surface area contributed by atoms with Crippen LogP contribution in [0.5, 0.6) is 0 Å². The lowest BCUT2D eigenvalue weighted by atomic mass is 9.96. The Labute approximate surface area is 345 Å². The van der Waals surface area contributed by atoms with Crippen molar-refractivity contribution in [3.63, 3.8) is 0 Å². The summed E-state index contributed by atoms with van der Waals surface area (Å²) in [6.07, 6.45) is 0. The first kappa shape index (κ1) is 33.7. The van der Waals surface area contributed by atoms with E-state index in [1.54, 1.807) is 0 Å². The molecule has 0 aliphatic rings. The number of anilines is 3. The van der Waals surface area contributed by atoms with Gasteiger partial charge in [0.15, 0.2) is 0 Å². The van der Waals surface area contributed by atoms with Crippen LogP contribution in [0.2, 0.25) is 0 Å². The van der Waals surface area contributed by atoms with Gasteiger partial charge < -0.3 is 9.32 Å². The molecule has 0 aliphatic carbocycles. The molecule has 12 rings (SSSR count). The summed E-state index contributed by atoms with van der Waals surface area (Å²) in [5.41, 5.74) is 12.3. The minimum atomic E-state index is 0.870. The van der Waals surface area contributed by atoms with Crippen molar-refractivity contribution >= 4 is 92.1 Å². The van der Waals surface area contributed by atoms with Gasteiger partial charge in [-0.05, 0) is 104 Å². The van der Waals surface area contributed by atoms with E-state index in [0.717, 1.165) is 44.4 Å². The maximum Gasteiger partial charge on any atom is 0.143 e. The molecule has 2 aromatic heterocycles. The monoisotopic (exact) mass is 769 g/mol. The van der Waals surface area contributed by atoms with Crippen molar-refractivity contribution in [2.75, 3.05) is 4.90 Å². The van der Waals surface area contributed by atoms with Crippen molar-refractivity contribution in [1.82, 2.24) is 0 Å². The molecule has 276 valence electrons. The third-order valence-corrected chi connectivity index (χ3v) is 13.0. The highest BCUT2D eigenvalue weighted by Gasteiger charge is 2.21. The molecule has 0 N–H and O–H groups in total. The zero-order valence-corrected chi connectivity index (χ0v) is 32.8. The van der Waals surface area contributed by atoms with Crippen LogP contribution in [-0.4, -0.2) is 0 Å². The van der Waals surface area contributed by atoms with Crippen molar-refractivity contribution in [3.05, 3.63) is 212 Å². The van der Waals surface area contributed by atoms with Crippen LogP contribution in [-0.2, 0) is 0 Å². The van der Waals surface area contributed by atoms with Crippen LogP contribution in [0, 0.1) is 0 Å². The smallest absolute Gasteiger partial charge is 0.143 e. The lowest BCUT2D eigenvalue weighted by Crippen LogP contribution is -2.10. The Kier molecular flexibility index (Phi) is 7.75. The highest BCUT2D eigenvalue weighted by molar-refractivity contribution is 7.25. The molecule has 0 unspecified atom stereocenters. The second-order valence-corrected chi connectivity index (χ2v) is 16.3. The van der Waals surface area contributed by atoms with Crippen LogP contribution in [0.25, 0.3) is 97.0 Å². The molecule has 0 radical (unpaired) electrons. The fourth-order valence-corrected chi connectivity index (χ4v) is 10.2. The van der Waals surface area contributed by atoms with Gasteiger partial charge in [-0.25, -0.2) is 0 Å². The van der Waals surface area contributed by atoms with Crippen molar-refractivity contribution in [2.24, 2.45) is 0 Å². The second kappa shape index (κ2) is 13.6. The molecule has 2 heterocycles. The number of hydrogen-bond acceptors (Lipinski definition) is 3. The molecule has 0 aliphatic heterocycles. The Hall–Kier alpha value is -7.46. The molecule has 0 saturated heterocycles. The van der Waals surface area contributed by atoms with E-state index >= 15 is 0 Å². The molecule has 2 nitrogen and oxygen atoms in total. The fourth-order valence-electron chi connectivity index (χ4n) is 9.08. The van der Waals surface area contributed by atoms with Crippen molar-refractivity contribution in [2.45, 2.75) is 0 Å². The summed E-state index contributed by atoms with van der Waals surface area (Å²) >= 11 is 1.86. The fraction of sp³-hybridized carbons (Fsp3) is 0. The van der Waals surface area contributed by atoms with Gasteiger partial charge >= 0.3 is 0 Å². The van der Waals surface area contributed by atoms with E-state index in [1.165, 1.54) is 69.7 Å². The van der Waals surface area contributed by atoms with Gasteiger partial charge in [-0.2, -0.15) is 0 Å². The van der Waals surface area contributed by atoms with Gasteiger partial charge in [0.05, 0.1) is 11.1 Å². The van der Waals surface area contributed by atoms with E-state index in [4.69, 9.17) is 4.42 Å². The summed E-state index contributed by atoms with van der Waals surface area (Å²) in [7, 11) is 0. The topological polar surface area (TPSA) is 16.4 Å². The zero-order valence-electron chi connectivity index (χ0n) is 32.0. The van der Waals surface area contributed by atoms with Gasteiger partial charge in [0, 0.05) is 42.3 Å². The maximum atomic E-state index is 6.69. The van der Waals surface area contributed by atoms with Gasteiger partial charge in [0.25, 0.3) is 0 Å². The Morgan fingerprint density at radius 2 is 0.881 bits per heavy atom. The van der Waals surface area contributed by atoms with Crippen LogP contribution in [0.15, 0.2) is 217 Å². The molecule has 0 bridgehead atoms. The SMILES string of the molecule is c1ccc2c(-c3ccc(-c4ccc(N(c5ccc(-c6cccc7sc8ccccc8c67)cc5)c5cccc6oc7c8ccccc8ccc7c56)cc4)cc3)cccc2c1. The number of thiophene rings is 1. The molecule has 0 fully saturated rings.